The first-order valence-electron chi connectivity index (χ1n) is 8.47. The molecule has 0 spiro atoms. The Morgan fingerprint density at radius 2 is 2.00 bits per heavy atom. The van der Waals surface area contributed by atoms with Crippen molar-refractivity contribution in [2.45, 2.75) is 13.5 Å². The van der Waals surface area contributed by atoms with Crippen LogP contribution >= 0.6 is 0 Å². The number of imidazole rings is 1. The third-order valence-electron chi connectivity index (χ3n) is 4.54. The van der Waals surface area contributed by atoms with Crippen molar-refractivity contribution in [2.75, 3.05) is 7.11 Å². The second-order valence-electron chi connectivity index (χ2n) is 6.23. The molecule has 4 rings (SSSR count). The van der Waals surface area contributed by atoms with Crippen LogP contribution in [0.3, 0.4) is 0 Å². The van der Waals surface area contributed by atoms with Gasteiger partial charge in [-0.2, -0.15) is 0 Å². The zero-order chi connectivity index (χ0) is 19.0. The van der Waals surface area contributed by atoms with Crippen LogP contribution < -0.4 is 16.0 Å². The fraction of sp³-hybridized carbons (Fsp3) is 0.150. The number of aryl methyl sites for hydroxylation is 1. The number of aromatic nitrogens is 4. The lowest BCUT2D eigenvalue weighted by atomic mass is 10.1. The summed E-state index contributed by atoms with van der Waals surface area (Å²) in [5.74, 6) is 0.507. The van der Waals surface area contributed by atoms with Crippen molar-refractivity contribution in [3.8, 4) is 11.4 Å². The standard InChI is InChI=1S/C20H18N4O3/c1-13-11-22-20(26)24(13)17-9-14-6-7-19(25)23(16(14)10-18(17)27-2)12-15-5-3-4-8-21-15/h3-11H,12H2,1-2H3,(H,22,26). The van der Waals surface area contributed by atoms with E-state index in [9.17, 15) is 9.59 Å². The van der Waals surface area contributed by atoms with E-state index in [-0.39, 0.29) is 11.2 Å². The van der Waals surface area contributed by atoms with E-state index >= 15 is 0 Å². The SMILES string of the molecule is COc1cc2c(ccc(=O)n2Cc2ccccn2)cc1-n1c(C)c[nH]c1=O. The van der Waals surface area contributed by atoms with Crippen molar-refractivity contribution in [3.63, 3.8) is 0 Å². The van der Waals surface area contributed by atoms with Gasteiger partial charge in [-0.3, -0.25) is 14.3 Å². The number of ether oxygens (including phenoxy) is 1. The van der Waals surface area contributed by atoms with Crippen LogP contribution in [-0.2, 0) is 6.54 Å². The van der Waals surface area contributed by atoms with E-state index in [1.807, 2.05) is 31.2 Å². The third-order valence-corrected chi connectivity index (χ3v) is 4.54. The maximum Gasteiger partial charge on any atom is 0.330 e. The number of nitrogens with zero attached hydrogens (tertiary/aromatic N) is 3. The molecule has 0 aliphatic carbocycles. The molecular formula is C20H18N4O3. The minimum atomic E-state index is -0.244. The molecule has 0 atom stereocenters. The lowest BCUT2D eigenvalue weighted by Crippen LogP contribution is -2.21. The van der Waals surface area contributed by atoms with E-state index in [0.29, 0.717) is 18.0 Å². The van der Waals surface area contributed by atoms with Gasteiger partial charge in [-0.15, -0.1) is 0 Å². The second kappa shape index (κ2) is 6.60. The molecule has 1 N–H and O–H groups in total. The zero-order valence-electron chi connectivity index (χ0n) is 15.0. The van der Waals surface area contributed by atoms with Gasteiger partial charge in [0.2, 0.25) is 0 Å². The van der Waals surface area contributed by atoms with Gasteiger partial charge in [0.05, 0.1) is 30.6 Å². The lowest BCUT2D eigenvalue weighted by molar-refractivity contribution is 0.412. The van der Waals surface area contributed by atoms with Crippen LogP contribution in [0.25, 0.3) is 16.6 Å². The van der Waals surface area contributed by atoms with Crippen molar-refractivity contribution in [1.82, 2.24) is 19.1 Å². The molecule has 0 fully saturated rings. The van der Waals surface area contributed by atoms with Gasteiger partial charge in [-0.25, -0.2) is 4.79 Å². The normalized spacial score (nSPS) is 11.0. The highest BCUT2D eigenvalue weighted by atomic mass is 16.5. The fourth-order valence-electron chi connectivity index (χ4n) is 3.22. The quantitative estimate of drug-likeness (QED) is 0.604. The fourth-order valence-corrected chi connectivity index (χ4v) is 3.22. The molecule has 0 aliphatic rings. The van der Waals surface area contributed by atoms with Crippen LogP contribution in [0.1, 0.15) is 11.4 Å². The molecule has 0 bridgehead atoms. The molecule has 0 radical (unpaired) electrons. The van der Waals surface area contributed by atoms with Crippen molar-refractivity contribution in [2.24, 2.45) is 0 Å². The van der Waals surface area contributed by atoms with Crippen molar-refractivity contribution in [1.29, 1.82) is 0 Å². The Morgan fingerprint density at radius 1 is 1.15 bits per heavy atom. The molecular weight excluding hydrogens is 344 g/mol. The minimum absolute atomic E-state index is 0.127. The highest BCUT2D eigenvalue weighted by Gasteiger charge is 2.14. The number of benzene rings is 1. The van der Waals surface area contributed by atoms with Gasteiger partial charge in [0.15, 0.2) is 0 Å². The van der Waals surface area contributed by atoms with E-state index in [0.717, 1.165) is 22.3 Å². The number of hydrogen-bond acceptors (Lipinski definition) is 4. The molecule has 0 unspecified atom stereocenters. The summed E-state index contributed by atoms with van der Waals surface area (Å²) < 4.78 is 8.73. The predicted molar refractivity (Wildman–Crippen MR) is 103 cm³/mol. The van der Waals surface area contributed by atoms with Crippen molar-refractivity contribution in [3.05, 3.63) is 87.1 Å². The second-order valence-corrected chi connectivity index (χ2v) is 6.23. The van der Waals surface area contributed by atoms with E-state index in [4.69, 9.17) is 4.74 Å². The van der Waals surface area contributed by atoms with Crippen molar-refractivity contribution >= 4 is 10.9 Å². The summed E-state index contributed by atoms with van der Waals surface area (Å²) in [6.07, 6.45) is 3.35. The van der Waals surface area contributed by atoms with Crippen LogP contribution in [0, 0.1) is 6.92 Å². The van der Waals surface area contributed by atoms with Gasteiger partial charge < -0.3 is 14.3 Å². The average Bonchev–Trinajstić information content (AvgIpc) is 3.02. The minimum Gasteiger partial charge on any atom is -0.494 e. The van der Waals surface area contributed by atoms with E-state index in [1.54, 1.807) is 40.8 Å². The molecule has 0 saturated heterocycles. The summed E-state index contributed by atoms with van der Waals surface area (Å²) in [4.78, 5) is 31.7. The van der Waals surface area contributed by atoms with E-state index < -0.39 is 0 Å². The van der Waals surface area contributed by atoms with Crippen LogP contribution in [-0.4, -0.2) is 26.2 Å². The Morgan fingerprint density at radius 3 is 2.67 bits per heavy atom. The summed E-state index contributed by atoms with van der Waals surface area (Å²) in [5.41, 5.74) is 2.52. The molecule has 3 heterocycles. The first-order chi connectivity index (χ1) is 13.1. The monoisotopic (exact) mass is 362 g/mol. The number of H-pyrrole nitrogens is 1. The summed E-state index contributed by atoms with van der Waals surface area (Å²) >= 11 is 0. The molecule has 1 aromatic carbocycles. The topological polar surface area (TPSA) is 81.9 Å². The molecule has 4 aromatic rings. The number of hydrogen-bond donors (Lipinski definition) is 1. The maximum atomic E-state index is 12.5. The number of nitrogens with one attached hydrogen (secondary N) is 1. The highest BCUT2D eigenvalue weighted by Crippen LogP contribution is 2.28. The average molecular weight is 362 g/mol. The third kappa shape index (κ3) is 2.93. The van der Waals surface area contributed by atoms with Gasteiger partial charge in [-0.05, 0) is 31.2 Å². The molecule has 7 heteroatoms. The van der Waals surface area contributed by atoms with Gasteiger partial charge >= 0.3 is 5.69 Å². The molecule has 0 aliphatic heterocycles. The zero-order valence-corrected chi connectivity index (χ0v) is 15.0. The smallest absolute Gasteiger partial charge is 0.330 e. The van der Waals surface area contributed by atoms with Crippen molar-refractivity contribution < 1.29 is 4.74 Å². The number of aromatic amines is 1. The Bertz CT molecular complexity index is 1240. The predicted octanol–water partition coefficient (Wildman–Crippen LogP) is 2.24. The Kier molecular flexibility index (Phi) is 4.12. The Hall–Kier alpha value is -3.61. The Labute approximate surface area is 154 Å². The lowest BCUT2D eigenvalue weighted by Gasteiger charge is -2.15. The first-order valence-corrected chi connectivity index (χ1v) is 8.47. The number of rotatable bonds is 4. The highest BCUT2D eigenvalue weighted by molar-refractivity contribution is 5.84. The van der Waals surface area contributed by atoms with Gasteiger partial charge in [0.1, 0.15) is 5.75 Å². The molecule has 136 valence electrons. The van der Waals surface area contributed by atoms with Crippen LogP contribution in [0.4, 0.5) is 0 Å². The summed E-state index contributed by atoms with van der Waals surface area (Å²) in [6.45, 7) is 2.19. The van der Waals surface area contributed by atoms with Crippen LogP contribution in [0.2, 0.25) is 0 Å². The van der Waals surface area contributed by atoms with Gasteiger partial charge in [0.25, 0.3) is 5.56 Å². The Balaban J connectivity index is 1.96. The molecule has 7 nitrogen and oxygen atoms in total. The maximum absolute atomic E-state index is 12.5. The number of pyridine rings is 2. The largest absolute Gasteiger partial charge is 0.494 e. The molecule has 27 heavy (non-hydrogen) atoms. The van der Waals surface area contributed by atoms with E-state index in [2.05, 4.69) is 9.97 Å². The molecule has 0 amide bonds. The van der Waals surface area contributed by atoms with Gasteiger partial charge in [0, 0.05) is 35.6 Å². The van der Waals surface area contributed by atoms with E-state index in [1.165, 1.54) is 6.07 Å². The summed E-state index contributed by atoms with van der Waals surface area (Å²) in [6, 6.07) is 12.5. The van der Waals surface area contributed by atoms with Crippen LogP contribution in [0.15, 0.2) is 64.4 Å². The first kappa shape index (κ1) is 16.8. The summed E-state index contributed by atoms with van der Waals surface area (Å²) in [7, 11) is 1.54. The number of methoxy groups -OCH3 is 1. The van der Waals surface area contributed by atoms with Crippen LogP contribution in [0.5, 0.6) is 5.75 Å². The molecule has 0 saturated carbocycles. The number of fused-ring (bicyclic) bond motifs is 1. The molecule has 3 aromatic heterocycles. The summed E-state index contributed by atoms with van der Waals surface area (Å²) in [5, 5.41) is 0.828. The van der Waals surface area contributed by atoms with Gasteiger partial charge in [-0.1, -0.05) is 6.07 Å².